The van der Waals surface area contributed by atoms with Gasteiger partial charge in [-0.2, -0.15) is 0 Å². The van der Waals surface area contributed by atoms with Crippen molar-refractivity contribution in [1.29, 1.82) is 0 Å². The molecule has 0 aromatic heterocycles. The third-order valence-corrected chi connectivity index (χ3v) is 2.28. The number of nitrogens with one attached hydrogen (secondary N) is 1. The molecular weight excluding hydrogens is 258 g/mol. The summed E-state index contributed by atoms with van der Waals surface area (Å²) < 4.78 is 26.0. The maximum absolute atomic E-state index is 13.3. The molecule has 0 saturated carbocycles. The lowest BCUT2D eigenvalue weighted by molar-refractivity contribution is -0.137. The zero-order chi connectivity index (χ0) is 14.4. The highest BCUT2D eigenvalue weighted by Gasteiger charge is 2.17. The number of benzene rings is 1. The first kappa shape index (κ1) is 14.9. The van der Waals surface area contributed by atoms with Gasteiger partial charge in [-0.25, -0.2) is 13.6 Å². The third-order valence-electron chi connectivity index (χ3n) is 2.28. The minimum absolute atomic E-state index is 0.196. The molecule has 0 unspecified atom stereocenters. The molecule has 0 aliphatic carbocycles. The Hall–Kier alpha value is -2.18. The van der Waals surface area contributed by atoms with Crippen molar-refractivity contribution in [3.63, 3.8) is 0 Å². The van der Waals surface area contributed by atoms with Crippen LogP contribution in [0.1, 0.15) is 13.3 Å². The Bertz CT molecular complexity index is 480. The van der Waals surface area contributed by atoms with Crippen LogP contribution in [0.5, 0.6) is 0 Å². The number of carboxylic acids is 1. The predicted molar refractivity (Wildman–Crippen MR) is 64.9 cm³/mol. The molecule has 0 atom stereocenters. The van der Waals surface area contributed by atoms with E-state index in [0.29, 0.717) is 12.5 Å². The van der Waals surface area contributed by atoms with Gasteiger partial charge >= 0.3 is 12.0 Å². The Labute approximate surface area is 108 Å². The molecule has 1 aromatic rings. The van der Waals surface area contributed by atoms with Crippen LogP contribution in [-0.2, 0) is 4.79 Å². The largest absolute Gasteiger partial charge is 0.480 e. The molecule has 1 rings (SSSR count). The number of urea groups is 1. The molecule has 2 amide bonds. The number of nitrogens with zero attached hydrogens (tertiary/aromatic N) is 1. The van der Waals surface area contributed by atoms with Crippen LogP contribution in [0, 0.1) is 11.6 Å². The Morgan fingerprint density at radius 2 is 2.05 bits per heavy atom. The SMILES string of the molecule is CCCN(CC(=O)O)C(=O)Nc1ccc(F)cc1F. The topological polar surface area (TPSA) is 69.6 Å². The second-order valence-corrected chi connectivity index (χ2v) is 3.87. The molecule has 0 radical (unpaired) electrons. The fourth-order valence-corrected chi connectivity index (χ4v) is 1.47. The molecule has 7 heteroatoms. The van der Waals surface area contributed by atoms with Crippen LogP contribution in [0.25, 0.3) is 0 Å². The van der Waals surface area contributed by atoms with Gasteiger partial charge in [-0.15, -0.1) is 0 Å². The summed E-state index contributed by atoms with van der Waals surface area (Å²) in [5.74, 6) is -2.84. The molecule has 0 aliphatic rings. The number of rotatable bonds is 5. The summed E-state index contributed by atoms with van der Waals surface area (Å²) in [4.78, 5) is 23.4. The highest BCUT2D eigenvalue weighted by atomic mass is 19.1. The number of carboxylic acid groups (broad SMARTS) is 1. The van der Waals surface area contributed by atoms with Crippen molar-refractivity contribution in [2.45, 2.75) is 13.3 Å². The second-order valence-electron chi connectivity index (χ2n) is 3.87. The van der Waals surface area contributed by atoms with Gasteiger partial charge in [0.1, 0.15) is 18.2 Å². The fourth-order valence-electron chi connectivity index (χ4n) is 1.47. The Kier molecular flexibility index (Phi) is 5.23. The zero-order valence-corrected chi connectivity index (χ0v) is 10.3. The van der Waals surface area contributed by atoms with E-state index in [1.54, 1.807) is 6.92 Å². The minimum Gasteiger partial charge on any atom is -0.480 e. The van der Waals surface area contributed by atoms with Crippen molar-refractivity contribution in [2.24, 2.45) is 0 Å². The highest BCUT2D eigenvalue weighted by Crippen LogP contribution is 2.15. The van der Waals surface area contributed by atoms with Crippen molar-refractivity contribution >= 4 is 17.7 Å². The average Bonchev–Trinajstić information content (AvgIpc) is 2.31. The maximum atomic E-state index is 13.3. The first-order valence-electron chi connectivity index (χ1n) is 5.66. The molecular formula is C12H14F2N2O3. The molecule has 2 N–H and O–H groups in total. The highest BCUT2D eigenvalue weighted by molar-refractivity contribution is 5.91. The summed E-state index contributed by atoms with van der Waals surface area (Å²) >= 11 is 0. The van der Waals surface area contributed by atoms with E-state index >= 15 is 0 Å². The Balaban J connectivity index is 2.77. The molecule has 0 bridgehead atoms. The van der Waals surface area contributed by atoms with Gasteiger partial charge in [-0.1, -0.05) is 6.92 Å². The van der Waals surface area contributed by atoms with Crippen LogP contribution in [0.15, 0.2) is 18.2 Å². The van der Waals surface area contributed by atoms with E-state index in [1.807, 2.05) is 0 Å². The van der Waals surface area contributed by atoms with Crippen molar-refractivity contribution in [3.05, 3.63) is 29.8 Å². The van der Waals surface area contributed by atoms with Gasteiger partial charge in [-0.05, 0) is 18.6 Å². The van der Waals surface area contributed by atoms with Crippen molar-refractivity contribution in [3.8, 4) is 0 Å². The van der Waals surface area contributed by atoms with Crippen LogP contribution in [-0.4, -0.2) is 35.1 Å². The quantitative estimate of drug-likeness (QED) is 0.864. The average molecular weight is 272 g/mol. The Morgan fingerprint density at radius 1 is 1.37 bits per heavy atom. The minimum atomic E-state index is -1.16. The first-order chi connectivity index (χ1) is 8.93. The van der Waals surface area contributed by atoms with Gasteiger partial charge in [0.2, 0.25) is 0 Å². The van der Waals surface area contributed by atoms with Crippen molar-refractivity contribution in [1.82, 2.24) is 4.90 Å². The number of anilines is 1. The van der Waals surface area contributed by atoms with E-state index in [9.17, 15) is 18.4 Å². The van der Waals surface area contributed by atoms with Crippen molar-refractivity contribution in [2.75, 3.05) is 18.4 Å². The summed E-state index contributed by atoms with van der Waals surface area (Å²) in [6, 6.07) is 1.97. The van der Waals surface area contributed by atoms with Crippen LogP contribution < -0.4 is 5.32 Å². The van der Waals surface area contributed by atoms with Crippen LogP contribution in [0.2, 0.25) is 0 Å². The predicted octanol–water partition coefficient (Wildman–Crippen LogP) is 2.29. The van der Waals surface area contributed by atoms with Gasteiger partial charge in [0.25, 0.3) is 0 Å². The summed E-state index contributed by atoms with van der Waals surface area (Å²) in [6.45, 7) is 1.52. The van der Waals surface area contributed by atoms with E-state index in [0.717, 1.165) is 17.0 Å². The van der Waals surface area contributed by atoms with Crippen molar-refractivity contribution < 1.29 is 23.5 Å². The molecule has 0 heterocycles. The van der Waals surface area contributed by atoms with E-state index in [-0.39, 0.29) is 12.2 Å². The van der Waals surface area contributed by atoms with Crippen LogP contribution in [0.3, 0.4) is 0 Å². The number of carbonyl (C=O) groups is 2. The number of hydrogen-bond donors (Lipinski definition) is 2. The standard InChI is InChI=1S/C12H14F2N2O3/c1-2-5-16(7-11(17)18)12(19)15-10-4-3-8(13)6-9(10)14/h3-4,6H,2,5,7H2,1H3,(H,15,19)(H,17,18). The van der Waals surface area contributed by atoms with Gasteiger partial charge in [0.05, 0.1) is 5.69 Å². The number of amides is 2. The van der Waals surface area contributed by atoms with E-state index in [4.69, 9.17) is 5.11 Å². The third kappa shape index (κ3) is 4.53. The molecule has 104 valence electrons. The number of hydrogen-bond acceptors (Lipinski definition) is 2. The molecule has 1 aromatic carbocycles. The summed E-state index contributed by atoms with van der Waals surface area (Å²) in [7, 11) is 0. The molecule has 0 spiro atoms. The second kappa shape index (κ2) is 6.67. The number of halogens is 2. The van der Waals surface area contributed by atoms with Gasteiger partial charge in [0, 0.05) is 12.6 Å². The smallest absolute Gasteiger partial charge is 0.323 e. The lowest BCUT2D eigenvalue weighted by Crippen LogP contribution is -2.39. The molecule has 5 nitrogen and oxygen atoms in total. The lowest BCUT2D eigenvalue weighted by atomic mass is 10.3. The summed E-state index contributed by atoms with van der Waals surface area (Å²) in [6.07, 6.45) is 0.562. The molecule has 0 aliphatic heterocycles. The fraction of sp³-hybridized carbons (Fsp3) is 0.333. The molecule has 0 fully saturated rings. The van der Waals surface area contributed by atoms with Gasteiger partial charge in [-0.3, -0.25) is 4.79 Å². The van der Waals surface area contributed by atoms with Crippen LogP contribution >= 0.6 is 0 Å². The monoisotopic (exact) mass is 272 g/mol. The first-order valence-corrected chi connectivity index (χ1v) is 5.66. The number of carbonyl (C=O) groups excluding carboxylic acids is 1. The summed E-state index contributed by atoms with van der Waals surface area (Å²) in [5.41, 5.74) is -0.196. The normalized spacial score (nSPS) is 10.1. The number of aliphatic carboxylic acids is 1. The van der Waals surface area contributed by atoms with E-state index < -0.39 is 30.2 Å². The zero-order valence-electron chi connectivity index (χ0n) is 10.3. The maximum Gasteiger partial charge on any atom is 0.323 e. The van der Waals surface area contributed by atoms with Gasteiger partial charge < -0.3 is 15.3 Å². The summed E-state index contributed by atoms with van der Waals surface area (Å²) in [5, 5.41) is 10.9. The molecule has 19 heavy (non-hydrogen) atoms. The van der Waals surface area contributed by atoms with Crippen LogP contribution in [0.4, 0.5) is 19.3 Å². The lowest BCUT2D eigenvalue weighted by Gasteiger charge is -2.20. The van der Waals surface area contributed by atoms with E-state index in [1.165, 1.54) is 0 Å². The Morgan fingerprint density at radius 3 is 2.58 bits per heavy atom. The van der Waals surface area contributed by atoms with Gasteiger partial charge in [0.15, 0.2) is 0 Å². The van der Waals surface area contributed by atoms with E-state index in [2.05, 4.69) is 5.32 Å². The molecule has 0 saturated heterocycles.